The minimum absolute atomic E-state index is 0.0843. The van der Waals surface area contributed by atoms with E-state index in [9.17, 15) is 4.79 Å². The van der Waals surface area contributed by atoms with Crippen LogP contribution < -0.4 is 15.0 Å². The molecule has 0 saturated heterocycles. The number of halogens is 1. The Bertz CT molecular complexity index is 1140. The second kappa shape index (κ2) is 7.86. The summed E-state index contributed by atoms with van der Waals surface area (Å²) in [5.41, 5.74) is 1.71. The van der Waals surface area contributed by atoms with Gasteiger partial charge in [0.05, 0.1) is 17.0 Å². The molecule has 1 N–H and O–H groups in total. The van der Waals surface area contributed by atoms with Crippen molar-refractivity contribution >= 4 is 33.2 Å². The number of aromatic nitrogens is 2. The number of nitrogens with zero attached hydrogens (tertiary/aromatic N) is 1. The molecule has 0 unspecified atom stereocenters. The number of ether oxygens (including phenoxy) is 2. The predicted octanol–water partition coefficient (Wildman–Crippen LogP) is 4.59. The van der Waals surface area contributed by atoms with Crippen molar-refractivity contribution in [1.29, 1.82) is 0 Å². The lowest BCUT2D eigenvalue weighted by atomic mass is 9.97. The highest BCUT2D eigenvalue weighted by molar-refractivity contribution is 7.18. The molecular weight excluding hydrogens is 396 g/mol. The third-order valence-electron chi connectivity index (χ3n) is 4.71. The lowest BCUT2D eigenvalue weighted by Crippen LogP contribution is -2.11. The van der Waals surface area contributed by atoms with Gasteiger partial charge in [-0.15, -0.1) is 17.8 Å². The van der Waals surface area contributed by atoms with Gasteiger partial charge in [-0.3, -0.25) is 4.79 Å². The molecular formula is C21H19ClN2O3S. The summed E-state index contributed by atoms with van der Waals surface area (Å²) in [5.74, 6) is 3.73. The average Bonchev–Trinajstić information content (AvgIpc) is 3.06. The van der Waals surface area contributed by atoms with Gasteiger partial charge in [0, 0.05) is 10.4 Å². The molecule has 1 aromatic carbocycles. The molecule has 5 nitrogen and oxygen atoms in total. The van der Waals surface area contributed by atoms with Crippen molar-refractivity contribution in [3.63, 3.8) is 0 Å². The van der Waals surface area contributed by atoms with E-state index in [1.54, 1.807) is 23.5 Å². The van der Waals surface area contributed by atoms with Crippen molar-refractivity contribution in [3.8, 4) is 35.2 Å². The Morgan fingerprint density at radius 3 is 2.93 bits per heavy atom. The van der Waals surface area contributed by atoms with Gasteiger partial charge in [-0.25, -0.2) is 4.98 Å². The molecule has 4 rings (SSSR count). The summed E-state index contributed by atoms with van der Waals surface area (Å²) >= 11 is 8.02. The Morgan fingerprint density at radius 1 is 1.32 bits per heavy atom. The number of hydrogen-bond acceptors (Lipinski definition) is 5. The first-order valence-corrected chi connectivity index (χ1v) is 10.4. The van der Waals surface area contributed by atoms with Crippen LogP contribution in [-0.4, -0.2) is 23.2 Å². The number of hydrogen-bond donors (Lipinski definition) is 1. The van der Waals surface area contributed by atoms with Crippen molar-refractivity contribution in [3.05, 3.63) is 37.9 Å². The fourth-order valence-electron chi connectivity index (χ4n) is 3.52. The molecule has 28 heavy (non-hydrogen) atoms. The van der Waals surface area contributed by atoms with E-state index >= 15 is 0 Å². The molecule has 0 atom stereocenters. The first-order chi connectivity index (χ1) is 13.6. The van der Waals surface area contributed by atoms with Crippen molar-refractivity contribution in [1.82, 2.24) is 9.97 Å². The number of thiophene rings is 1. The van der Waals surface area contributed by atoms with E-state index in [1.165, 1.54) is 4.88 Å². The maximum absolute atomic E-state index is 12.8. The molecule has 0 fully saturated rings. The van der Waals surface area contributed by atoms with E-state index in [4.69, 9.17) is 32.5 Å². The molecule has 0 saturated carbocycles. The monoisotopic (exact) mass is 414 g/mol. The van der Waals surface area contributed by atoms with Crippen molar-refractivity contribution in [2.75, 3.05) is 13.2 Å². The van der Waals surface area contributed by atoms with Crippen LogP contribution in [0.1, 0.15) is 30.2 Å². The quantitative estimate of drug-likeness (QED) is 0.620. The van der Waals surface area contributed by atoms with Crippen LogP contribution in [0.15, 0.2) is 16.9 Å². The lowest BCUT2D eigenvalue weighted by Gasteiger charge is -2.14. The summed E-state index contributed by atoms with van der Waals surface area (Å²) in [7, 11) is 0. The highest BCUT2D eigenvalue weighted by atomic mass is 35.5. The normalized spacial score (nSPS) is 13.2. The second-order valence-corrected chi connectivity index (χ2v) is 8.01. The zero-order chi connectivity index (χ0) is 19.7. The Labute approximate surface area is 171 Å². The predicted molar refractivity (Wildman–Crippen MR) is 113 cm³/mol. The molecule has 0 spiro atoms. The van der Waals surface area contributed by atoms with E-state index in [0.29, 0.717) is 34.5 Å². The molecule has 0 amide bonds. The fourth-order valence-corrected chi connectivity index (χ4v) is 5.05. The fraction of sp³-hybridized carbons (Fsp3) is 0.333. The van der Waals surface area contributed by atoms with Crippen LogP contribution in [0, 0.1) is 12.3 Å². The van der Waals surface area contributed by atoms with Crippen LogP contribution in [0.5, 0.6) is 11.5 Å². The van der Waals surface area contributed by atoms with Crippen molar-refractivity contribution in [2.24, 2.45) is 0 Å². The number of aryl methyl sites for hydroxylation is 2. The average molecular weight is 415 g/mol. The number of aromatic amines is 1. The van der Waals surface area contributed by atoms with E-state index in [-0.39, 0.29) is 12.2 Å². The molecule has 0 aliphatic heterocycles. The topological polar surface area (TPSA) is 64.2 Å². The zero-order valence-electron chi connectivity index (χ0n) is 15.4. The largest absolute Gasteiger partial charge is 0.490 e. The van der Waals surface area contributed by atoms with Crippen LogP contribution in [0.3, 0.4) is 0 Å². The SMILES string of the molecule is C#CCOc1c(Cl)cc(-c2nc3sc4c(c3c(=O)[nH]2)CCCC4)cc1OCC. The summed E-state index contributed by atoms with van der Waals surface area (Å²) in [6.07, 6.45) is 9.52. The maximum atomic E-state index is 12.8. The van der Waals surface area contributed by atoms with Gasteiger partial charge in [0.2, 0.25) is 0 Å². The highest BCUT2D eigenvalue weighted by Crippen LogP contribution is 2.40. The molecule has 2 heterocycles. The Hall–Kier alpha value is -2.49. The minimum atomic E-state index is -0.110. The van der Waals surface area contributed by atoms with Crippen LogP contribution in [0.2, 0.25) is 5.02 Å². The third-order valence-corrected chi connectivity index (χ3v) is 6.17. The molecule has 2 aromatic heterocycles. The third kappa shape index (κ3) is 3.36. The van der Waals surface area contributed by atoms with E-state index in [0.717, 1.165) is 41.5 Å². The first kappa shape index (κ1) is 18.9. The van der Waals surface area contributed by atoms with Gasteiger partial charge in [0.15, 0.2) is 11.5 Å². The standard InChI is InChI=1S/C21H19ClN2O3S/c1-3-9-27-18-14(22)10-12(11-15(18)26-4-2)19-23-20(25)17-13-7-5-6-8-16(13)28-21(17)24-19/h1,10-11H,4-9H2,2H3,(H,23,24,25). The summed E-state index contributed by atoms with van der Waals surface area (Å²) in [6, 6.07) is 3.46. The van der Waals surface area contributed by atoms with Crippen molar-refractivity contribution in [2.45, 2.75) is 32.6 Å². The number of terminal acetylenes is 1. The van der Waals surface area contributed by atoms with Gasteiger partial charge >= 0.3 is 0 Å². The number of rotatable bonds is 5. The van der Waals surface area contributed by atoms with Gasteiger partial charge < -0.3 is 14.5 Å². The van der Waals surface area contributed by atoms with Gasteiger partial charge in [-0.1, -0.05) is 17.5 Å². The highest BCUT2D eigenvalue weighted by Gasteiger charge is 2.21. The van der Waals surface area contributed by atoms with Gasteiger partial charge in [-0.05, 0) is 50.3 Å². The van der Waals surface area contributed by atoms with E-state index < -0.39 is 0 Å². The van der Waals surface area contributed by atoms with Gasteiger partial charge in [0.25, 0.3) is 5.56 Å². The smallest absolute Gasteiger partial charge is 0.260 e. The first-order valence-electron chi connectivity index (χ1n) is 9.20. The summed E-state index contributed by atoms with van der Waals surface area (Å²) in [4.78, 5) is 22.5. The molecule has 3 aromatic rings. The van der Waals surface area contributed by atoms with Crippen LogP contribution in [0.25, 0.3) is 21.6 Å². The van der Waals surface area contributed by atoms with E-state index in [1.807, 2.05) is 6.92 Å². The van der Waals surface area contributed by atoms with Crippen LogP contribution >= 0.6 is 22.9 Å². The molecule has 0 bridgehead atoms. The van der Waals surface area contributed by atoms with Crippen molar-refractivity contribution < 1.29 is 9.47 Å². The summed E-state index contributed by atoms with van der Waals surface area (Å²) in [5, 5.41) is 1.08. The molecule has 0 radical (unpaired) electrons. The maximum Gasteiger partial charge on any atom is 0.260 e. The number of H-pyrrole nitrogens is 1. The van der Waals surface area contributed by atoms with Crippen LogP contribution in [0.4, 0.5) is 0 Å². The Kier molecular flexibility index (Phi) is 5.29. The van der Waals surface area contributed by atoms with Gasteiger partial charge in [-0.2, -0.15) is 0 Å². The Morgan fingerprint density at radius 2 is 2.14 bits per heavy atom. The lowest BCUT2D eigenvalue weighted by molar-refractivity contribution is 0.299. The Balaban J connectivity index is 1.83. The number of nitrogens with one attached hydrogen (secondary N) is 1. The zero-order valence-corrected chi connectivity index (χ0v) is 17.0. The molecule has 1 aliphatic rings. The summed E-state index contributed by atoms with van der Waals surface area (Å²) < 4.78 is 11.2. The second-order valence-electron chi connectivity index (χ2n) is 6.52. The number of fused-ring (bicyclic) bond motifs is 3. The van der Waals surface area contributed by atoms with E-state index in [2.05, 4.69) is 10.9 Å². The summed E-state index contributed by atoms with van der Waals surface area (Å²) in [6.45, 7) is 2.39. The molecule has 1 aliphatic carbocycles. The number of benzene rings is 1. The minimum Gasteiger partial charge on any atom is -0.490 e. The van der Waals surface area contributed by atoms with Crippen LogP contribution in [-0.2, 0) is 12.8 Å². The molecule has 7 heteroatoms. The van der Waals surface area contributed by atoms with Gasteiger partial charge in [0.1, 0.15) is 17.3 Å². The molecule has 144 valence electrons.